The molecule has 1 N–H and O–H groups in total. The number of nitriles is 1. The number of nitrogens with zero attached hydrogens (tertiary/aromatic N) is 7. The predicted molar refractivity (Wildman–Crippen MR) is 105 cm³/mol. The molecule has 0 saturated carbocycles. The van der Waals surface area contributed by atoms with Crippen LogP contribution in [0.25, 0.3) is 11.5 Å². The smallest absolute Gasteiger partial charge is 0.320 e. The van der Waals surface area contributed by atoms with Crippen LogP contribution in [-0.4, -0.2) is 35.7 Å². The number of amides is 1. The Morgan fingerprint density at radius 3 is 2.47 bits per heavy atom. The monoisotopic (exact) mass is 474 g/mol. The van der Waals surface area contributed by atoms with E-state index in [9.17, 15) is 32.0 Å². The first-order valence-electron chi connectivity index (χ1n) is 9.30. The topological polar surface area (TPSA) is 114 Å². The lowest BCUT2D eigenvalue weighted by Gasteiger charge is -2.15. The molecule has 172 valence electrons. The van der Waals surface area contributed by atoms with Gasteiger partial charge in [-0.25, -0.2) is 18.4 Å². The number of pyridine rings is 1. The average Bonchev–Trinajstić information content (AvgIpc) is 3.47. The van der Waals surface area contributed by atoms with E-state index >= 15 is 0 Å². The maximum atomic E-state index is 13.9. The molecule has 0 fully saturated rings. The quantitative estimate of drug-likeness (QED) is 0.453. The van der Waals surface area contributed by atoms with Gasteiger partial charge in [0, 0.05) is 5.56 Å². The van der Waals surface area contributed by atoms with Crippen LogP contribution in [0.3, 0.4) is 0 Å². The largest absolute Gasteiger partial charge is 0.434 e. The highest BCUT2D eigenvalue weighted by Gasteiger charge is 2.41. The summed E-state index contributed by atoms with van der Waals surface area (Å²) in [7, 11) is 0. The minimum atomic E-state index is -5.08. The van der Waals surface area contributed by atoms with Gasteiger partial charge in [0.15, 0.2) is 23.1 Å². The number of hydrogen-bond donors (Lipinski definition) is 1. The highest BCUT2D eigenvalue weighted by Crippen LogP contribution is 2.35. The molecule has 0 radical (unpaired) electrons. The van der Waals surface area contributed by atoms with Crippen molar-refractivity contribution in [1.29, 1.82) is 5.26 Å². The number of hydrogen-bond acceptors (Lipinski definition) is 6. The Morgan fingerprint density at radius 2 is 1.82 bits per heavy atom. The van der Waals surface area contributed by atoms with Crippen molar-refractivity contribution in [2.45, 2.75) is 13.1 Å². The SMILES string of the molecule is Cc1c(-n2ncc(C(=O)Nc3cnc(-n4nccn4)c(C#N)c3)c2C(F)(F)F)ccc(F)c1F. The molecular formula is C20H11F5N8O. The molecule has 1 aromatic carbocycles. The zero-order chi connectivity index (χ0) is 24.6. The van der Waals surface area contributed by atoms with Gasteiger partial charge >= 0.3 is 6.18 Å². The number of anilines is 1. The molecule has 0 aliphatic heterocycles. The molecular weight excluding hydrogens is 463 g/mol. The second-order valence-electron chi connectivity index (χ2n) is 6.80. The zero-order valence-corrected chi connectivity index (χ0v) is 17.0. The fourth-order valence-electron chi connectivity index (χ4n) is 3.13. The first-order valence-corrected chi connectivity index (χ1v) is 9.30. The highest BCUT2D eigenvalue weighted by atomic mass is 19.4. The van der Waals surface area contributed by atoms with Gasteiger partial charge in [-0.2, -0.15) is 33.7 Å². The number of rotatable bonds is 4. The molecule has 0 bridgehead atoms. The van der Waals surface area contributed by atoms with Crippen molar-refractivity contribution in [1.82, 2.24) is 29.8 Å². The third kappa shape index (κ3) is 3.94. The van der Waals surface area contributed by atoms with E-state index in [0.717, 1.165) is 24.0 Å². The normalized spacial score (nSPS) is 11.3. The van der Waals surface area contributed by atoms with E-state index in [-0.39, 0.29) is 17.1 Å². The van der Waals surface area contributed by atoms with Crippen molar-refractivity contribution in [3.8, 4) is 17.6 Å². The molecule has 0 spiro atoms. The summed E-state index contributed by atoms with van der Waals surface area (Å²) in [5.41, 5.74) is -3.33. The van der Waals surface area contributed by atoms with E-state index in [0.29, 0.717) is 16.9 Å². The Balaban J connectivity index is 1.73. The lowest BCUT2D eigenvalue weighted by molar-refractivity contribution is -0.143. The number of carbonyl (C=O) groups is 1. The first-order chi connectivity index (χ1) is 16.1. The molecule has 0 atom stereocenters. The Hall–Kier alpha value is -4.67. The van der Waals surface area contributed by atoms with Crippen LogP contribution in [-0.2, 0) is 6.18 Å². The van der Waals surface area contributed by atoms with Gasteiger partial charge in [0.1, 0.15) is 11.6 Å². The van der Waals surface area contributed by atoms with E-state index in [1.54, 1.807) is 0 Å². The van der Waals surface area contributed by atoms with E-state index in [1.165, 1.54) is 18.5 Å². The molecule has 1 amide bonds. The molecule has 9 nitrogen and oxygen atoms in total. The van der Waals surface area contributed by atoms with Crippen molar-refractivity contribution in [3.05, 3.63) is 77.0 Å². The summed E-state index contributed by atoms with van der Waals surface area (Å²) >= 11 is 0. The van der Waals surface area contributed by atoms with Gasteiger partial charge in [-0.3, -0.25) is 4.79 Å². The summed E-state index contributed by atoms with van der Waals surface area (Å²) < 4.78 is 69.4. The van der Waals surface area contributed by atoms with E-state index in [4.69, 9.17) is 0 Å². The zero-order valence-electron chi connectivity index (χ0n) is 17.0. The molecule has 3 aromatic heterocycles. The van der Waals surface area contributed by atoms with Gasteiger partial charge in [-0.15, -0.1) is 4.80 Å². The number of benzene rings is 1. The minimum absolute atomic E-state index is 0.0445. The maximum absolute atomic E-state index is 13.9. The standard InChI is InChI=1S/C20H11F5N8O/c1-10-15(3-2-14(21)16(10)22)32-17(20(23,24)25)13(9-30-32)19(34)31-12-6-11(7-26)18(27-8-12)33-28-4-5-29-33/h2-6,8-9H,1H3,(H,31,34). The van der Waals surface area contributed by atoms with Crippen LogP contribution in [0.2, 0.25) is 0 Å². The third-order valence-corrected chi connectivity index (χ3v) is 4.67. The van der Waals surface area contributed by atoms with Gasteiger partial charge in [-0.1, -0.05) is 0 Å². The predicted octanol–water partition coefficient (Wildman–Crippen LogP) is 3.58. The van der Waals surface area contributed by atoms with Crippen molar-refractivity contribution in [3.63, 3.8) is 0 Å². The van der Waals surface area contributed by atoms with E-state index < -0.39 is 46.2 Å². The Kier molecular flexibility index (Phi) is 5.53. The molecule has 34 heavy (non-hydrogen) atoms. The summed E-state index contributed by atoms with van der Waals surface area (Å²) in [5, 5.41) is 22.8. The second-order valence-corrected chi connectivity index (χ2v) is 6.80. The van der Waals surface area contributed by atoms with E-state index in [2.05, 4.69) is 25.6 Å². The number of aromatic nitrogens is 6. The van der Waals surface area contributed by atoms with Gasteiger partial charge < -0.3 is 5.32 Å². The Labute approximate surface area is 187 Å². The average molecular weight is 474 g/mol. The van der Waals surface area contributed by atoms with E-state index in [1.807, 2.05) is 6.07 Å². The summed E-state index contributed by atoms with van der Waals surface area (Å²) in [4.78, 5) is 17.7. The van der Waals surface area contributed by atoms with Crippen LogP contribution in [0.1, 0.15) is 27.2 Å². The summed E-state index contributed by atoms with van der Waals surface area (Å²) in [6.45, 7) is 1.08. The van der Waals surface area contributed by atoms with Crippen LogP contribution >= 0.6 is 0 Å². The van der Waals surface area contributed by atoms with Gasteiger partial charge in [0.2, 0.25) is 0 Å². The van der Waals surface area contributed by atoms with Crippen LogP contribution in [0.15, 0.2) is 43.0 Å². The second kappa shape index (κ2) is 8.35. The van der Waals surface area contributed by atoms with Crippen molar-refractivity contribution >= 4 is 11.6 Å². The highest BCUT2D eigenvalue weighted by molar-refractivity contribution is 6.05. The fraction of sp³-hybridized carbons (Fsp3) is 0.100. The molecule has 0 saturated heterocycles. The number of alkyl halides is 3. The number of carbonyl (C=O) groups excluding carboxylic acids is 1. The van der Waals surface area contributed by atoms with Crippen molar-refractivity contribution in [2.75, 3.05) is 5.32 Å². The van der Waals surface area contributed by atoms with Crippen LogP contribution in [0.4, 0.5) is 27.6 Å². The molecule has 0 unspecified atom stereocenters. The number of halogens is 5. The lowest BCUT2D eigenvalue weighted by atomic mass is 10.1. The first kappa shape index (κ1) is 22.5. The molecule has 3 heterocycles. The Morgan fingerprint density at radius 1 is 1.12 bits per heavy atom. The van der Waals surface area contributed by atoms with Gasteiger partial charge in [-0.05, 0) is 25.1 Å². The Bertz CT molecular complexity index is 1440. The third-order valence-electron chi connectivity index (χ3n) is 4.67. The molecule has 4 aromatic rings. The summed E-state index contributed by atoms with van der Waals surface area (Å²) in [6.07, 6.45) is -0.618. The minimum Gasteiger partial charge on any atom is -0.320 e. The van der Waals surface area contributed by atoms with Crippen LogP contribution < -0.4 is 5.32 Å². The maximum Gasteiger partial charge on any atom is 0.434 e. The van der Waals surface area contributed by atoms with Crippen molar-refractivity contribution in [2.24, 2.45) is 0 Å². The summed E-state index contributed by atoms with van der Waals surface area (Å²) in [5.74, 6) is -3.75. The van der Waals surface area contributed by atoms with Gasteiger partial charge in [0.05, 0.1) is 41.7 Å². The summed E-state index contributed by atoms with van der Waals surface area (Å²) in [6, 6.07) is 4.60. The fourth-order valence-corrected chi connectivity index (χ4v) is 3.13. The number of nitrogens with one attached hydrogen (secondary N) is 1. The molecule has 0 aliphatic rings. The molecule has 4 rings (SSSR count). The lowest BCUT2D eigenvalue weighted by Crippen LogP contribution is -2.21. The van der Waals surface area contributed by atoms with Crippen LogP contribution in [0.5, 0.6) is 0 Å². The van der Waals surface area contributed by atoms with Gasteiger partial charge in [0.25, 0.3) is 5.91 Å². The molecule has 0 aliphatic carbocycles. The van der Waals surface area contributed by atoms with Crippen LogP contribution in [0, 0.1) is 29.9 Å². The van der Waals surface area contributed by atoms with Crippen molar-refractivity contribution < 1.29 is 26.7 Å². The molecule has 14 heteroatoms.